The average molecular weight is 152 g/mol. The highest BCUT2D eigenvalue weighted by Crippen LogP contribution is 2.16. The van der Waals surface area contributed by atoms with Gasteiger partial charge in [-0.25, -0.2) is 4.39 Å². The fourth-order valence-electron chi connectivity index (χ4n) is 0.769. The maximum atomic E-state index is 12.4. The lowest BCUT2D eigenvalue weighted by molar-refractivity contribution is -0.233. The zero-order chi connectivity index (χ0) is 7.72. The molecule has 0 saturated carbocycles. The Morgan fingerprint density at radius 3 is 2.40 bits per heavy atom. The molecule has 0 amide bonds. The largest absolute Gasteiger partial charge is 0.388 e. The van der Waals surface area contributed by atoms with Crippen LogP contribution in [-0.2, 0) is 4.74 Å². The van der Waals surface area contributed by atoms with Crippen molar-refractivity contribution in [2.45, 2.75) is 24.7 Å². The normalized spacial score (nSPS) is 49.2. The van der Waals surface area contributed by atoms with Crippen molar-refractivity contribution < 1.29 is 24.4 Å². The summed E-state index contributed by atoms with van der Waals surface area (Å²) in [4.78, 5) is 0. The zero-order valence-electron chi connectivity index (χ0n) is 5.14. The van der Waals surface area contributed by atoms with Gasteiger partial charge in [0.1, 0.15) is 12.2 Å². The van der Waals surface area contributed by atoms with Gasteiger partial charge in [-0.2, -0.15) is 0 Å². The summed E-state index contributed by atoms with van der Waals surface area (Å²) in [6.07, 6.45) is -6.30. The van der Waals surface area contributed by atoms with Crippen molar-refractivity contribution in [3.63, 3.8) is 0 Å². The first-order valence-corrected chi connectivity index (χ1v) is 2.93. The predicted octanol–water partition coefficient (Wildman–Crippen LogP) is -1.61. The van der Waals surface area contributed by atoms with E-state index in [1.165, 1.54) is 0 Å². The van der Waals surface area contributed by atoms with Crippen LogP contribution in [0.15, 0.2) is 0 Å². The van der Waals surface area contributed by atoms with Gasteiger partial charge < -0.3 is 20.1 Å². The van der Waals surface area contributed by atoms with Gasteiger partial charge in [0.25, 0.3) is 0 Å². The zero-order valence-corrected chi connectivity index (χ0v) is 5.14. The monoisotopic (exact) mass is 152 g/mol. The minimum absolute atomic E-state index is 0.233. The Bertz CT molecular complexity index is 106. The van der Waals surface area contributed by atoms with E-state index in [1.807, 2.05) is 0 Å². The van der Waals surface area contributed by atoms with Gasteiger partial charge in [-0.3, -0.25) is 0 Å². The molecule has 1 fully saturated rings. The highest BCUT2D eigenvalue weighted by atomic mass is 19.1. The van der Waals surface area contributed by atoms with E-state index in [4.69, 9.17) is 15.3 Å². The van der Waals surface area contributed by atoms with E-state index in [1.54, 1.807) is 0 Å². The Morgan fingerprint density at radius 2 is 1.90 bits per heavy atom. The van der Waals surface area contributed by atoms with Gasteiger partial charge in [0, 0.05) is 0 Å². The fourth-order valence-corrected chi connectivity index (χ4v) is 0.769. The second kappa shape index (κ2) is 2.79. The third-order valence-electron chi connectivity index (χ3n) is 1.43. The molecule has 1 rings (SSSR count). The van der Waals surface area contributed by atoms with Gasteiger partial charge in [-0.1, -0.05) is 0 Å². The lowest BCUT2D eigenvalue weighted by Crippen LogP contribution is -2.50. The van der Waals surface area contributed by atoms with Gasteiger partial charge in [0.2, 0.25) is 0 Å². The molecule has 0 spiro atoms. The summed E-state index contributed by atoms with van der Waals surface area (Å²) in [6.45, 7) is -0.233. The van der Waals surface area contributed by atoms with Crippen LogP contribution >= 0.6 is 0 Å². The molecule has 3 N–H and O–H groups in total. The molecule has 5 heteroatoms. The molecule has 10 heavy (non-hydrogen) atoms. The molecule has 4 atom stereocenters. The maximum absolute atomic E-state index is 12.4. The summed E-state index contributed by atoms with van der Waals surface area (Å²) < 4.78 is 16.8. The fraction of sp³-hybridized carbons (Fsp3) is 1.00. The number of hydrogen-bond donors (Lipinski definition) is 3. The number of halogens is 1. The van der Waals surface area contributed by atoms with E-state index in [2.05, 4.69) is 4.74 Å². The van der Waals surface area contributed by atoms with Crippen molar-refractivity contribution in [1.82, 2.24) is 0 Å². The quantitative estimate of drug-likeness (QED) is 0.391. The third-order valence-corrected chi connectivity index (χ3v) is 1.43. The molecule has 0 bridgehead atoms. The predicted molar refractivity (Wildman–Crippen MR) is 28.9 cm³/mol. The smallest absolute Gasteiger partial charge is 0.189 e. The van der Waals surface area contributed by atoms with E-state index in [-0.39, 0.29) is 6.61 Å². The first kappa shape index (κ1) is 7.87. The second-order valence-electron chi connectivity index (χ2n) is 2.23. The van der Waals surface area contributed by atoms with Crippen molar-refractivity contribution in [2.24, 2.45) is 0 Å². The van der Waals surface area contributed by atoms with Gasteiger partial charge in [-0.05, 0) is 0 Å². The first-order valence-electron chi connectivity index (χ1n) is 2.93. The number of aliphatic hydroxyl groups excluding tert-OH is 3. The maximum Gasteiger partial charge on any atom is 0.189 e. The van der Waals surface area contributed by atoms with Crippen LogP contribution in [0.5, 0.6) is 0 Å². The van der Waals surface area contributed by atoms with Crippen LogP contribution in [0.3, 0.4) is 0 Å². The standard InChI is InChI=1S/C5H9FO4/c6-3-4(8)2(7)1-10-5(3)9/h2-5,7-9H,1H2/t2-,3+,4-,5?/m1/s1. The summed E-state index contributed by atoms with van der Waals surface area (Å²) in [5.41, 5.74) is 0. The molecule has 1 aliphatic rings. The molecular weight excluding hydrogens is 143 g/mol. The molecule has 0 aromatic heterocycles. The van der Waals surface area contributed by atoms with Crippen LogP contribution in [0, 0.1) is 0 Å². The summed E-state index contributed by atoms with van der Waals surface area (Å²) in [6, 6.07) is 0. The highest BCUT2D eigenvalue weighted by molar-refractivity contribution is 4.81. The van der Waals surface area contributed by atoms with Crippen molar-refractivity contribution in [2.75, 3.05) is 6.61 Å². The molecule has 0 radical (unpaired) electrons. The van der Waals surface area contributed by atoms with Gasteiger partial charge in [0.05, 0.1) is 6.61 Å². The summed E-state index contributed by atoms with van der Waals surface area (Å²) in [5.74, 6) is 0. The molecule has 4 nitrogen and oxygen atoms in total. The Labute approximate surface area is 56.9 Å². The number of hydrogen-bond acceptors (Lipinski definition) is 4. The number of ether oxygens (including phenoxy) is 1. The van der Waals surface area contributed by atoms with Gasteiger partial charge in [0.15, 0.2) is 12.5 Å². The van der Waals surface area contributed by atoms with Crippen LogP contribution in [0.25, 0.3) is 0 Å². The van der Waals surface area contributed by atoms with Crippen molar-refractivity contribution in [3.8, 4) is 0 Å². The minimum Gasteiger partial charge on any atom is -0.388 e. The first-order chi connectivity index (χ1) is 4.63. The van der Waals surface area contributed by atoms with E-state index in [0.717, 1.165) is 0 Å². The average Bonchev–Trinajstić information content (AvgIpc) is 1.93. The van der Waals surface area contributed by atoms with Crippen molar-refractivity contribution in [3.05, 3.63) is 0 Å². The molecule has 1 unspecified atom stereocenters. The minimum atomic E-state index is -1.91. The molecule has 1 saturated heterocycles. The van der Waals surface area contributed by atoms with Crippen LogP contribution in [0.4, 0.5) is 4.39 Å². The lowest BCUT2D eigenvalue weighted by Gasteiger charge is -2.30. The van der Waals surface area contributed by atoms with Gasteiger partial charge in [-0.15, -0.1) is 0 Å². The molecule has 60 valence electrons. The SMILES string of the molecule is OC1OC[C@@H](O)[C@@H](O)[C@@H]1F. The Morgan fingerprint density at radius 1 is 1.30 bits per heavy atom. The molecule has 0 aromatic rings. The highest BCUT2D eigenvalue weighted by Gasteiger charge is 2.37. The van der Waals surface area contributed by atoms with Crippen LogP contribution < -0.4 is 0 Å². The van der Waals surface area contributed by atoms with Crippen molar-refractivity contribution >= 4 is 0 Å². The summed E-state index contributed by atoms with van der Waals surface area (Å²) in [7, 11) is 0. The summed E-state index contributed by atoms with van der Waals surface area (Å²) >= 11 is 0. The topological polar surface area (TPSA) is 69.9 Å². The van der Waals surface area contributed by atoms with Crippen LogP contribution in [0.1, 0.15) is 0 Å². The molecule has 1 aliphatic heterocycles. The molecule has 0 aliphatic carbocycles. The molecule has 1 heterocycles. The van der Waals surface area contributed by atoms with E-state index in [9.17, 15) is 4.39 Å². The lowest BCUT2D eigenvalue weighted by atomic mass is 10.1. The van der Waals surface area contributed by atoms with E-state index >= 15 is 0 Å². The molecule has 0 aromatic carbocycles. The second-order valence-corrected chi connectivity index (χ2v) is 2.23. The number of aliphatic hydroxyl groups is 3. The van der Waals surface area contributed by atoms with E-state index in [0.29, 0.717) is 0 Å². The van der Waals surface area contributed by atoms with Crippen molar-refractivity contribution in [1.29, 1.82) is 0 Å². The number of alkyl halides is 1. The Kier molecular flexibility index (Phi) is 2.20. The van der Waals surface area contributed by atoms with E-state index < -0.39 is 24.7 Å². The van der Waals surface area contributed by atoms with Gasteiger partial charge >= 0.3 is 0 Å². The number of rotatable bonds is 0. The third kappa shape index (κ3) is 1.27. The van der Waals surface area contributed by atoms with Crippen LogP contribution in [0.2, 0.25) is 0 Å². The molecular formula is C5H9FO4. The Balaban J connectivity index is 2.52. The van der Waals surface area contributed by atoms with Crippen LogP contribution in [-0.4, -0.2) is 46.6 Å². The Hall–Kier alpha value is -0.230. The summed E-state index contributed by atoms with van der Waals surface area (Å²) in [5, 5.41) is 26.1.